The van der Waals surface area contributed by atoms with E-state index in [1.54, 1.807) is 35.7 Å². The molecule has 0 aliphatic rings. The summed E-state index contributed by atoms with van der Waals surface area (Å²) in [7, 11) is 0. The van der Waals surface area contributed by atoms with Gasteiger partial charge in [0.05, 0.1) is 5.02 Å². The molecule has 1 amide bonds. The Bertz CT molecular complexity index is 522. The van der Waals surface area contributed by atoms with Gasteiger partial charge >= 0.3 is 0 Å². The number of benzene rings is 1. The number of phenols is 1. The summed E-state index contributed by atoms with van der Waals surface area (Å²) in [4.78, 5) is 12.3. The van der Waals surface area contributed by atoms with Crippen LogP contribution in [0.25, 0.3) is 0 Å². The van der Waals surface area contributed by atoms with Gasteiger partial charge in [-0.1, -0.05) is 23.7 Å². The fourth-order valence-electron chi connectivity index (χ4n) is 1.33. The zero-order valence-corrected chi connectivity index (χ0v) is 10.4. The molecular weight excluding hydrogens is 258 g/mol. The molecule has 0 aliphatic carbocycles. The second-order valence-corrected chi connectivity index (χ2v) is 4.77. The highest BCUT2D eigenvalue weighted by atomic mass is 35.5. The van der Waals surface area contributed by atoms with Crippen molar-refractivity contribution in [3.05, 3.63) is 51.2 Å². The number of carbonyl (C=O) groups is 1. The number of nitrogens with one attached hydrogen (secondary N) is 1. The number of carbonyl (C=O) groups excluding carboxylic acids is 1. The van der Waals surface area contributed by atoms with Crippen LogP contribution >= 0.6 is 22.9 Å². The summed E-state index contributed by atoms with van der Waals surface area (Å²) in [6, 6.07) is 8.37. The maximum Gasteiger partial charge on any atom is 0.263 e. The molecule has 0 atom stereocenters. The third-order valence-corrected chi connectivity index (χ3v) is 3.55. The molecule has 3 nitrogen and oxygen atoms in total. The molecule has 2 rings (SSSR count). The van der Waals surface area contributed by atoms with Crippen LogP contribution in [0.5, 0.6) is 5.75 Å². The molecule has 17 heavy (non-hydrogen) atoms. The minimum absolute atomic E-state index is 0.182. The van der Waals surface area contributed by atoms with Crippen molar-refractivity contribution in [2.75, 3.05) is 0 Å². The van der Waals surface area contributed by atoms with E-state index in [9.17, 15) is 4.79 Å². The van der Waals surface area contributed by atoms with Crippen LogP contribution in [0.1, 0.15) is 15.2 Å². The lowest BCUT2D eigenvalue weighted by molar-refractivity contribution is 0.0955. The van der Waals surface area contributed by atoms with Gasteiger partial charge in [-0.2, -0.15) is 0 Å². The average Bonchev–Trinajstić information content (AvgIpc) is 2.74. The fraction of sp³-hybridized carbons (Fsp3) is 0.0833. The van der Waals surface area contributed by atoms with E-state index in [1.807, 2.05) is 0 Å². The maximum absolute atomic E-state index is 11.7. The van der Waals surface area contributed by atoms with Crippen LogP contribution in [-0.4, -0.2) is 11.0 Å². The lowest BCUT2D eigenvalue weighted by Gasteiger charge is -2.04. The second-order valence-electron chi connectivity index (χ2n) is 3.45. The number of hydrogen-bond donors (Lipinski definition) is 2. The lowest BCUT2D eigenvalue weighted by atomic mass is 10.2. The minimum atomic E-state index is -0.182. The van der Waals surface area contributed by atoms with Crippen molar-refractivity contribution in [3.63, 3.8) is 0 Å². The van der Waals surface area contributed by atoms with Gasteiger partial charge in [0, 0.05) is 6.54 Å². The van der Waals surface area contributed by atoms with Crippen LogP contribution in [0.15, 0.2) is 35.7 Å². The van der Waals surface area contributed by atoms with Crippen molar-refractivity contribution in [1.29, 1.82) is 0 Å². The third kappa shape index (κ3) is 2.99. The summed E-state index contributed by atoms with van der Waals surface area (Å²) in [5.74, 6) is 0.0273. The van der Waals surface area contributed by atoms with E-state index in [0.717, 1.165) is 5.56 Å². The van der Waals surface area contributed by atoms with Crippen LogP contribution < -0.4 is 5.32 Å². The van der Waals surface area contributed by atoms with Gasteiger partial charge in [0.1, 0.15) is 10.6 Å². The quantitative estimate of drug-likeness (QED) is 0.898. The first-order valence-corrected chi connectivity index (χ1v) is 6.21. The molecule has 2 N–H and O–H groups in total. The van der Waals surface area contributed by atoms with Crippen LogP contribution in [-0.2, 0) is 6.54 Å². The molecule has 2 aromatic rings. The van der Waals surface area contributed by atoms with Gasteiger partial charge in [0.25, 0.3) is 5.91 Å². The number of amides is 1. The molecule has 0 aliphatic heterocycles. The van der Waals surface area contributed by atoms with Gasteiger partial charge in [0.15, 0.2) is 0 Å². The fourth-order valence-corrected chi connectivity index (χ4v) is 2.39. The molecule has 0 spiro atoms. The van der Waals surface area contributed by atoms with E-state index in [2.05, 4.69) is 5.32 Å². The van der Waals surface area contributed by atoms with Crippen molar-refractivity contribution in [3.8, 4) is 5.75 Å². The van der Waals surface area contributed by atoms with Crippen LogP contribution in [0.3, 0.4) is 0 Å². The van der Waals surface area contributed by atoms with Crippen LogP contribution in [0, 0.1) is 0 Å². The average molecular weight is 268 g/mol. The van der Waals surface area contributed by atoms with Crippen molar-refractivity contribution >= 4 is 28.8 Å². The van der Waals surface area contributed by atoms with E-state index in [0.29, 0.717) is 16.4 Å². The van der Waals surface area contributed by atoms with E-state index in [1.165, 1.54) is 11.3 Å². The molecule has 1 aromatic heterocycles. The zero-order chi connectivity index (χ0) is 12.3. The molecular formula is C12H10ClNO2S. The highest BCUT2D eigenvalue weighted by molar-refractivity contribution is 7.12. The van der Waals surface area contributed by atoms with Gasteiger partial charge in [-0.05, 0) is 29.1 Å². The Morgan fingerprint density at radius 1 is 1.29 bits per heavy atom. The van der Waals surface area contributed by atoms with Gasteiger partial charge in [-0.25, -0.2) is 0 Å². The van der Waals surface area contributed by atoms with Gasteiger partial charge in [-0.3, -0.25) is 4.79 Å². The Hall–Kier alpha value is -1.52. The molecule has 5 heteroatoms. The largest absolute Gasteiger partial charge is 0.508 e. The molecule has 1 heterocycles. The smallest absolute Gasteiger partial charge is 0.263 e. The summed E-state index contributed by atoms with van der Waals surface area (Å²) in [5.41, 5.74) is 0.920. The molecule has 0 unspecified atom stereocenters. The first-order valence-electron chi connectivity index (χ1n) is 4.96. The highest BCUT2D eigenvalue weighted by Crippen LogP contribution is 2.21. The Morgan fingerprint density at radius 2 is 2.00 bits per heavy atom. The maximum atomic E-state index is 11.7. The second kappa shape index (κ2) is 5.21. The molecule has 0 saturated heterocycles. The summed E-state index contributed by atoms with van der Waals surface area (Å²) >= 11 is 7.16. The molecule has 88 valence electrons. The van der Waals surface area contributed by atoms with Crippen LogP contribution in [0.4, 0.5) is 0 Å². The van der Waals surface area contributed by atoms with E-state index in [-0.39, 0.29) is 11.7 Å². The zero-order valence-electron chi connectivity index (χ0n) is 8.81. The standard InChI is InChI=1S/C12H10ClNO2S/c13-10-5-6-17-11(10)12(16)14-7-8-1-3-9(15)4-2-8/h1-6,15H,7H2,(H,14,16). The lowest BCUT2D eigenvalue weighted by Crippen LogP contribution is -2.21. The number of thiophene rings is 1. The summed E-state index contributed by atoms with van der Waals surface area (Å²) in [6.45, 7) is 0.410. The van der Waals surface area contributed by atoms with E-state index in [4.69, 9.17) is 16.7 Å². The summed E-state index contributed by atoms with van der Waals surface area (Å²) in [6.07, 6.45) is 0. The molecule has 0 bridgehead atoms. The summed E-state index contributed by atoms with van der Waals surface area (Å²) in [5, 5.41) is 14.1. The van der Waals surface area contributed by atoms with E-state index < -0.39 is 0 Å². The predicted octanol–water partition coefficient (Wildman–Crippen LogP) is 3.04. The van der Waals surface area contributed by atoms with Crippen molar-refractivity contribution in [2.45, 2.75) is 6.54 Å². The topological polar surface area (TPSA) is 49.3 Å². The van der Waals surface area contributed by atoms with Gasteiger partial charge < -0.3 is 10.4 Å². The highest BCUT2D eigenvalue weighted by Gasteiger charge is 2.10. The number of rotatable bonds is 3. The monoisotopic (exact) mass is 267 g/mol. The van der Waals surface area contributed by atoms with Gasteiger partial charge in [0.2, 0.25) is 0 Å². The van der Waals surface area contributed by atoms with Crippen molar-refractivity contribution in [2.24, 2.45) is 0 Å². The summed E-state index contributed by atoms with van der Waals surface area (Å²) < 4.78 is 0. The Labute approximate surface area is 108 Å². The first-order chi connectivity index (χ1) is 8.16. The normalized spacial score (nSPS) is 10.2. The molecule has 0 fully saturated rings. The SMILES string of the molecule is O=C(NCc1ccc(O)cc1)c1sccc1Cl. The third-order valence-electron chi connectivity index (χ3n) is 2.21. The molecule has 1 aromatic carbocycles. The molecule has 0 saturated carbocycles. The van der Waals surface area contributed by atoms with Crippen molar-refractivity contribution in [1.82, 2.24) is 5.32 Å². The number of halogens is 1. The van der Waals surface area contributed by atoms with E-state index >= 15 is 0 Å². The first kappa shape index (κ1) is 12.0. The number of phenolic OH excluding ortho intramolecular Hbond substituents is 1. The molecule has 0 radical (unpaired) electrons. The van der Waals surface area contributed by atoms with Crippen molar-refractivity contribution < 1.29 is 9.90 Å². The predicted molar refractivity (Wildman–Crippen MR) is 68.6 cm³/mol. The van der Waals surface area contributed by atoms with Gasteiger partial charge in [-0.15, -0.1) is 11.3 Å². The Balaban J connectivity index is 1.97. The van der Waals surface area contributed by atoms with Crippen LogP contribution in [0.2, 0.25) is 5.02 Å². The number of aromatic hydroxyl groups is 1. The minimum Gasteiger partial charge on any atom is -0.508 e. The Kier molecular flexibility index (Phi) is 3.66. The number of hydrogen-bond acceptors (Lipinski definition) is 3. The Morgan fingerprint density at radius 3 is 2.59 bits per heavy atom.